The molecule has 19 heavy (non-hydrogen) atoms. The molecule has 1 aliphatic carbocycles. The van der Waals surface area contributed by atoms with Crippen LogP contribution in [0.5, 0.6) is 0 Å². The number of nitrogens with one attached hydrogen (secondary N) is 1. The van der Waals surface area contributed by atoms with Gasteiger partial charge in [-0.3, -0.25) is 0 Å². The van der Waals surface area contributed by atoms with Crippen molar-refractivity contribution in [2.45, 2.75) is 71.8 Å². The quantitative estimate of drug-likeness (QED) is 0.826. The summed E-state index contributed by atoms with van der Waals surface area (Å²) >= 11 is 0. The second-order valence-corrected chi connectivity index (χ2v) is 6.79. The Balaban J connectivity index is 1.93. The second-order valence-electron chi connectivity index (χ2n) is 6.79. The summed E-state index contributed by atoms with van der Waals surface area (Å²) in [4.78, 5) is 9.38. The predicted molar refractivity (Wildman–Crippen MR) is 79.6 cm³/mol. The molecule has 3 nitrogen and oxygen atoms in total. The normalized spacial score (nSPS) is 15.8. The zero-order valence-electron chi connectivity index (χ0n) is 13.0. The van der Waals surface area contributed by atoms with Crippen molar-refractivity contribution in [2.24, 2.45) is 0 Å². The first-order valence-electron chi connectivity index (χ1n) is 7.46. The number of hydrogen-bond donors (Lipinski definition) is 1. The van der Waals surface area contributed by atoms with Crippen LogP contribution in [0.3, 0.4) is 0 Å². The van der Waals surface area contributed by atoms with Gasteiger partial charge in [-0.2, -0.15) is 0 Å². The Morgan fingerprint density at radius 1 is 1.11 bits per heavy atom. The molecule has 1 heterocycles. The van der Waals surface area contributed by atoms with Crippen molar-refractivity contribution in [3.8, 4) is 0 Å². The minimum atomic E-state index is 0.205. The molecule has 1 aromatic rings. The van der Waals surface area contributed by atoms with Crippen molar-refractivity contribution in [3.63, 3.8) is 0 Å². The van der Waals surface area contributed by atoms with E-state index in [4.69, 9.17) is 9.97 Å². The lowest BCUT2D eigenvalue weighted by Gasteiger charge is -2.20. The van der Waals surface area contributed by atoms with Crippen LogP contribution >= 0.6 is 0 Å². The van der Waals surface area contributed by atoms with Gasteiger partial charge in [0, 0.05) is 22.8 Å². The highest BCUT2D eigenvalue weighted by molar-refractivity contribution is 5.26. The number of nitrogens with zero attached hydrogens (tertiary/aromatic N) is 2. The maximum Gasteiger partial charge on any atom is 0.131 e. The Morgan fingerprint density at radius 3 is 2.16 bits per heavy atom. The van der Waals surface area contributed by atoms with E-state index >= 15 is 0 Å². The van der Waals surface area contributed by atoms with E-state index in [1.807, 2.05) is 0 Å². The average Bonchev–Trinajstić information content (AvgIpc) is 3.08. The molecule has 0 spiro atoms. The Bertz CT molecular complexity index is 419. The monoisotopic (exact) mass is 261 g/mol. The van der Waals surface area contributed by atoms with Crippen molar-refractivity contribution in [1.29, 1.82) is 0 Å². The maximum absolute atomic E-state index is 4.69. The van der Waals surface area contributed by atoms with Crippen LogP contribution in [0, 0.1) is 13.8 Å². The number of aryl methyl sites for hydroxylation is 2. The highest BCUT2D eigenvalue weighted by Crippen LogP contribution is 2.38. The lowest BCUT2D eigenvalue weighted by atomic mass is 10.0. The molecule has 0 amide bonds. The van der Waals surface area contributed by atoms with Crippen LogP contribution in [-0.4, -0.2) is 22.1 Å². The van der Waals surface area contributed by atoms with Gasteiger partial charge in [-0.15, -0.1) is 0 Å². The van der Waals surface area contributed by atoms with Gasteiger partial charge in [0.15, 0.2) is 0 Å². The van der Waals surface area contributed by atoms with E-state index in [-0.39, 0.29) is 5.54 Å². The molecule has 1 saturated carbocycles. The standard InChI is InChI=1S/C16H27N3/c1-11-14(7-6-10-17-16(3,4)5)12(2)19-15(18-11)13-8-9-13/h13,17H,6-10H2,1-5H3. The molecule has 0 saturated heterocycles. The van der Waals surface area contributed by atoms with Crippen LogP contribution in [0.2, 0.25) is 0 Å². The van der Waals surface area contributed by atoms with Crippen LogP contribution in [-0.2, 0) is 6.42 Å². The zero-order valence-corrected chi connectivity index (χ0v) is 13.0. The first kappa shape index (κ1) is 14.4. The molecule has 1 aliphatic rings. The van der Waals surface area contributed by atoms with Crippen LogP contribution in [0.15, 0.2) is 0 Å². The SMILES string of the molecule is Cc1nc(C2CC2)nc(C)c1CCCNC(C)(C)C. The number of hydrogen-bond acceptors (Lipinski definition) is 3. The van der Waals surface area contributed by atoms with Crippen LogP contribution in [0.4, 0.5) is 0 Å². The second kappa shape index (κ2) is 5.58. The molecule has 0 aliphatic heterocycles. The maximum atomic E-state index is 4.69. The molecule has 2 rings (SSSR count). The Labute approximate surface area is 117 Å². The summed E-state index contributed by atoms with van der Waals surface area (Å²) in [7, 11) is 0. The van der Waals surface area contributed by atoms with Gasteiger partial charge in [-0.25, -0.2) is 9.97 Å². The van der Waals surface area contributed by atoms with Gasteiger partial charge in [0.1, 0.15) is 5.82 Å². The highest BCUT2D eigenvalue weighted by Gasteiger charge is 2.27. The minimum absolute atomic E-state index is 0.205. The third-order valence-corrected chi connectivity index (χ3v) is 3.64. The van der Waals surface area contributed by atoms with Gasteiger partial charge in [-0.1, -0.05) is 0 Å². The summed E-state index contributed by atoms with van der Waals surface area (Å²) in [5.41, 5.74) is 3.92. The molecule has 106 valence electrons. The van der Waals surface area contributed by atoms with E-state index in [0.29, 0.717) is 5.92 Å². The van der Waals surface area contributed by atoms with E-state index in [2.05, 4.69) is 39.9 Å². The highest BCUT2D eigenvalue weighted by atomic mass is 14.9. The van der Waals surface area contributed by atoms with Crippen molar-refractivity contribution >= 4 is 0 Å². The first-order valence-corrected chi connectivity index (χ1v) is 7.46. The number of aromatic nitrogens is 2. The predicted octanol–water partition coefficient (Wildman–Crippen LogP) is 3.29. The molecular formula is C16H27N3. The van der Waals surface area contributed by atoms with Crippen molar-refractivity contribution < 1.29 is 0 Å². The molecule has 3 heteroatoms. The largest absolute Gasteiger partial charge is 0.312 e. The topological polar surface area (TPSA) is 37.8 Å². The van der Waals surface area contributed by atoms with Gasteiger partial charge in [-0.05, 0) is 72.4 Å². The van der Waals surface area contributed by atoms with E-state index in [1.54, 1.807) is 0 Å². The molecule has 1 N–H and O–H groups in total. The minimum Gasteiger partial charge on any atom is -0.312 e. The molecule has 0 bridgehead atoms. The first-order chi connectivity index (χ1) is 8.87. The number of rotatable bonds is 5. The third-order valence-electron chi connectivity index (χ3n) is 3.64. The Kier molecular flexibility index (Phi) is 4.24. The average molecular weight is 261 g/mol. The van der Waals surface area contributed by atoms with Gasteiger partial charge in [0.2, 0.25) is 0 Å². The summed E-state index contributed by atoms with van der Waals surface area (Å²) in [6.07, 6.45) is 4.76. The lowest BCUT2D eigenvalue weighted by molar-refractivity contribution is 0.422. The van der Waals surface area contributed by atoms with Crippen LogP contribution in [0.25, 0.3) is 0 Å². The summed E-state index contributed by atoms with van der Waals surface area (Å²) < 4.78 is 0. The van der Waals surface area contributed by atoms with E-state index < -0.39 is 0 Å². The Hall–Kier alpha value is -0.960. The van der Waals surface area contributed by atoms with Gasteiger partial charge in [0.25, 0.3) is 0 Å². The fourth-order valence-corrected chi connectivity index (χ4v) is 2.38. The van der Waals surface area contributed by atoms with Crippen molar-refractivity contribution in [2.75, 3.05) is 6.54 Å². The summed E-state index contributed by atoms with van der Waals surface area (Å²) in [5, 5.41) is 3.53. The van der Waals surface area contributed by atoms with E-state index in [0.717, 1.165) is 25.2 Å². The molecule has 1 fully saturated rings. The summed E-state index contributed by atoms with van der Waals surface area (Å²) in [6.45, 7) is 11.9. The van der Waals surface area contributed by atoms with Crippen LogP contribution < -0.4 is 5.32 Å². The molecule has 1 aromatic heterocycles. The molecular weight excluding hydrogens is 234 g/mol. The Morgan fingerprint density at radius 2 is 1.68 bits per heavy atom. The third kappa shape index (κ3) is 4.27. The van der Waals surface area contributed by atoms with Crippen molar-refractivity contribution in [3.05, 3.63) is 22.8 Å². The van der Waals surface area contributed by atoms with E-state index in [9.17, 15) is 0 Å². The zero-order chi connectivity index (χ0) is 14.0. The van der Waals surface area contributed by atoms with E-state index in [1.165, 1.54) is 29.8 Å². The molecule has 0 unspecified atom stereocenters. The fourth-order valence-electron chi connectivity index (χ4n) is 2.38. The molecule has 0 radical (unpaired) electrons. The summed E-state index contributed by atoms with van der Waals surface area (Å²) in [6, 6.07) is 0. The summed E-state index contributed by atoms with van der Waals surface area (Å²) in [5.74, 6) is 1.72. The van der Waals surface area contributed by atoms with Crippen LogP contribution in [0.1, 0.15) is 68.7 Å². The van der Waals surface area contributed by atoms with Gasteiger partial charge < -0.3 is 5.32 Å². The molecule has 0 atom stereocenters. The van der Waals surface area contributed by atoms with Gasteiger partial charge >= 0.3 is 0 Å². The van der Waals surface area contributed by atoms with Crippen molar-refractivity contribution in [1.82, 2.24) is 15.3 Å². The lowest BCUT2D eigenvalue weighted by Crippen LogP contribution is -2.36. The smallest absolute Gasteiger partial charge is 0.131 e. The molecule has 0 aromatic carbocycles. The van der Waals surface area contributed by atoms with Gasteiger partial charge in [0.05, 0.1) is 0 Å². The fraction of sp³-hybridized carbons (Fsp3) is 0.750.